The summed E-state index contributed by atoms with van der Waals surface area (Å²) in [5, 5.41) is 0. The molecule has 23 heavy (non-hydrogen) atoms. The lowest BCUT2D eigenvalue weighted by Gasteiger charge is -1.95. The first kappa shape index (κ1) is 16.7. The van der Waals surface area contributed by atoms with E-state index in [9.17, 15) is 13.2 Å². The third-order valence-electron chi connectivity index (χ3n) is 2.99. The molecule has 0 spiro atoms. The molecule has 0 unspecified atom stereocenters. The SMILES string of the molecule is Cc1ccc(S(=O)(=O)O)cc1.NC(=O)c1cnc2ccccn12. The summed E-state index contributed by atoms with van der Waals surface area (Å²) in [5.41, 5.74) is 7.22. The first-order valence-corrected chi connectivity index (χ1v) is 7.99. The maximum atomic E-state index is 10.8. The highest BCUT2D eigenvalue weighted by Gasteiger charge is 2.07. The second kappa shape index (κ2) is 6.59. The van der Waals surface area contributed by atoms with Crippen molar-refractivity contribution in [2.24, 2.45) is 5.73 Å². The highest BCUT2D eigenvalue weighted by atomic mass is 32.2. The summed E-state index contributed by atoms with van der Waals surface area (Å²) < 4.78 is 31.2. The average Bonchev–Trinajstić information content (AvgIpc) is 2.91. The number of hydrogen-bond acceptors (Lipinski definition) is 4. The molecule has 0 aliphatic rings. The van der Waals surface area contributed by atoms with E-state index in [4.69, 9.17) is 10.3 Å². The van der Waals surface area contributed by atoms with Gasteiger partial charge in [0.2, 0.25) is 0 Å². The Labute approximate surface area is 133 Å². The van der Waals surface area contributed by atoms with Crippen LogP contribution in [0.4, 0.5) is 0 Å². The van der Waals surface area contributed by atoms with Crippen molar-refractivity contribution in [2.45, 2.75) is 11.8 Å². The Bertz CT molecular complexity index is 931. The summed E-state index contributed by atoms with van der Waals surface area (Å²) in [5.74, 6) is -0.464. The summed E-state index contributed by atoms with van der Waals surface area (Å²) >= 11 is 0. The minimum Gasteiger partial charge on any atom is -0.364 e. The van der Waals surface area contributed by atoms with Crippen LogP contribution in [-0.2, 0) is 10.1 Å². The van der Waals surface area contributed by atoms with Crippen molar-refractivity contribution in [2.75, 3.05) is 0 Å². The van der Waals surface area contributed by atoms with Crippen molar-refractivity contribution in [1.82, 2.24) is 9.38 Å². The summed E-state index contributed by atoms with van der Waals surface area (Å²) in [7, 11) is -4.02. The van der Waals surface area contributed by atoms with Crippen LogP contribution >= 0.6 is 0 Å². The van der Waals surface area contributed by atoms with E-state index in [-0.39, 0.29) is 4.90 Å². The van der Waals surface area contributed by atoms with Crippen molar-refractivity contribution in [3.05, 3.63) is 66.1 Å². The molecule has 1 aromatic carbocycles. The second-order valence-corrected chi connectivity index (χ2v) is 6.15. The number of aryl methyl sites for hydroxylation is 1. The number of carbonyl (C=O) groups is 1. The van der Waals surface area contributed by atoms with Gasteiger partial charge in [-0.1, -0.05) is 23.8 Å². The molecule has 2 aromatic heterocycles. The van der Waals surface area contributed by atoms with E-state index in [1.165, 1.54) is 18.3 Å². The van der Waals surface area contributed by atoms with Gasteiger partial charge in [-0.05, 0) is 31.2 Å². The topological polar surface area (TPSA) is 115 Å². The monoisotopic (exact) mass is 333 g/mol. The molecule has 8 heteroatoms. The lowest BCUT2D eigenvalue weighted by Crippen LogP contribution is -2.13. The quantitative estimate of drug-likeness (QED) is 0.692. The minimum atomic E-state index is -4.02. The normalized spacial score (nSPS) is 10.9. The number of nitrogens with zero attached hydrogens (tertiary/aromatic N) is 2. The van der Waals surface area contributed by atoms with Gasteiger partial charge in [0.15, 0.2) is 0 Å². The van der Waals surface area contributed by atoms with E-state index in [0.717, 1.165) is 11.2 Å². The zero-order valence-corrected chi connectivity index (χ0v) is 13.1. The number of pyridine rings is 1. The molecule has 0 atom stereocenters. The molecular weight excluding hydrogens is 318 g/mol. The summed E-state index contributed by atoms with van der Waals surface area (Å²) in [6, 6.07) is 11.5. The van der Waals surface area contributed by atoms with Crippen LogP contribution in [0.25, 0.3) is 5.65 Å². The summed E-state index contributed by atoms with van der Waals surface area (Å²) in [4.78, 5) is 14.8. The fraction of sp³-hybridized carbons (Fsp3) is 0.0667. The molecule has 1 amide bonds. The Morgan fingerprint density at radius 2 is 1.83 bits per heavy atom. The highest BCUT2D eigenvalue weighted by molar-refractivity contribution is 7.85. The lowest BCUT2D eigenvalue weighted by molar-refractivity contribution is 0.0994. The summed E-state index contributed by atoms with van der Waals surface area (Å²) in [6.45, 7) is 1.84. The van der Waals surface area contributed by atoms with Gasteiger partial charge in [-0.2, -0.15) is 8.42 Å². The standard InChI is InChI=1S/C8H7N3O.C7H8O3S/c9-8(12)6-5-10-7-3-1-2-4-11(6)7;1-6-2-4-7(5-3-6)11(8,9)10/h1-5H,(H2,9,12);2-5H,1H3,(H,8,9,10). The molecular formula is C15H15N3O4S. The predicted octanol–water partition coefficient (Wildman–Crippen LogP) is 1.67. The first-order chi connectivity index (χ1) is 10.8. The Morgan fingerprint density at radius 3 is 2.39 bits per heavy atom. The van der Waals surface area contributed by atoms with Gasteiger partial charge in [0.25, 0.3) is 16.0 Å². The molecule has 2 heterocycles. The van der Waals surface area contributed by atoms with Crippen LogP contribution in [0.5, 0.6) is 0 Å². The molecule has 0 bridgehead atoms. The predicted molar refractivity (Wildman–Crippen MR) is 84.7 cm³/mol. The minimum absolute atomic E-state index is 0.0666. The largest absolute Gasteiger partial charge is 0.364 e. The number of primary amides is 1. The zero-order chi connectivity index (χ0) is 17.0. The Balaban J connectivity index is 0.000000168. The van der Waals surface area contributed by atoms with Crippen LogP contribution in [0, 0.1) is 6.92 Å². The van der Waals surface area contributed by atoms with E-state index in [2.05, 4.69) is 4.98 Å². The Kier molecular flexibility index (Phi) is 4.77. The number of nitrogens with two attached hydrogens (primary N) is 1. The number of rotatable bonds is 2. The number of imidazole rings is 1. The van der Waals surface area contributed by atoms with E-state index in [0.29, 0.717) is 5.69 Å². The van der Waals surface area contributed by atoms with Gasteiger partial charge in [-0.3, -0.25) is 13.7 Å². The molecule has 7 nitrogen and oxygen atoms in total. The fourth-order valence-electron chi connectivity index (χ4n) is 1.83. The molecule has 0 saturated heterocycles. The number of fused-ring (bicyclic) bond motifs is 1. The van der Waals surface area contributed by atoms with Crippen LogP contribution in [0.3, 0.4) is 0 Å². The summed E-state index contributed by atoms with van der Waals surface area (Å²) in [6.07, 6.45) is 3.22. The first-order valence-electron chi connectivity index (χ1n) is 6.55. The zero-order valence-electron chi connectivity index (χ0n) is 12.2. The number of carbonyl (C=O) groups excluding carboxylic acids is 1. The lowest BCUT2D eigenvalue weighted by atomic mass is 10.2. The van der Waals surface area contributed by atoms with Gasteiger partial charge in [0, 0.05) is 6.20 Å². The second-order valence-electron chi connectivity index (χ2n) is 4.72. The van der Waals surface area contributed by atoms with Gasteiger partial charge in [0.05, 0.1) is 11.1 Å². The van der Waals surface area contributed by atoms with Gasteiger partial charge >= 0.3 is 0 Å². The van der Waals surface area contributed by atoms with Crippen LogP contribution in [0.15, 0.2) is 59.8 Å². The van der Waals surface area contributed by atoms with Crippen LogP contribution < -0.4 is 5.73 Å². The average molecular weight is 333 g/mol. The molecule has 3 N–H and O–H groups in total. The van der Waals surface area contributed by atoms with E-state index >= 15 is 0 Å². The van der Waals surface area contributed by atoms with E-state index in [1.807, 2.05) is 25.1 Å². The number of benzene rings is 1. The molecule has 120 valence electrons. The fourth-order valence-corrected chi connectivity index (χ4v) is 2.31. The molecule has 0 aliphatic carbocycles. The number of amides is 1. The van der Waals surface area contributed by atoms with Crippen molar-refractivity contribution < 1.29 is 17.8 Å². The van der Waals surface area contributed by atoms with Gasteiger partial charge < -0.3 is 5.73 Å². The van der Waals surface area contributed by atoms with Crippen LogP contribution in [0.2, 0.25) is 0 Å². The number of hydrogen-bond donors (Lipinski definition) is 2. The van der Waals surface area contributed by atoms with Crippen molar-refractivity contribution in [3.63, 3.8) is 0 Å². The third kappa shape index (κ3) is 4.15. The van der Waals surface area contributed by atoms with Crippen molar-refractivity contribution in [3.8, 4) is 0 Å². The molecule has 3 aromatic rings. The van der Waals surface area contributed by atoms with Crippen LogP contribution in [0.1, 0.15) is 16.1 Å². The third-order valence-corrected chi connectivity index (χ3v) is 3.86. The van der Waals surface area contributed by atoms with E-state index < -0.39 is 16.0 Å². The molecule has 0 fully saturated rings. The molecule has 0 radical (unpaired) electrons. The molecule has 0 aliphatic heterocycles. The Hall–Kier alpha value is -2.71. The van der Waals surface area contributed by atoms with Crippen molar-refractivity contribution >= 4 is 21.7 Å². The maximum Gasteiger partial charge on any atom is 0.294 e. The van der Waals surface area contributed by atoms with Gasteiger partial charge in [0.1, 0.15) is 11.3 Å². The highest BCUT2D eigenvalue weighted by Crippen LogP contribution is 2.08. The van der Waals surface area contributed by atoms with Gasteiger partial charge in [-0.15, -0.1) is 0 Å². The van der Waals surface area contributed by atoms with Crippen molar-refractivity contribution in [1.29, 1.82) is 0 Å². The van der Waals surface area contributed by atoms with Crippen LogP contribution in [-0.4, -0.2) is 28.3 Å². The maximum absolute atomic E-state index is 10.8. The smallest absolute Gasteiger partial charge is 0.294 e. The molecule has 0 saturated carbocycles. The van der Waals surface area contributed by atoms with Gasteiger partial charge in [-0.25, -0.2) is 4.98 Å². The van der Waals surface area contributed by atoms with E-state index in [1.54, 1.807) is 22.7 Å². The number of aromatic nitrogens is 2. The molecule has 3 rings (SSSR count). The Morgan fingerprint density at radius 1 is 1.17 bits per heavy atom.